The Morgan fingerprint density at radius 3 is 2.60 bits per heavy atom. The maximum absolute atomic E-state index is 13.8. The quantitative estimate of drug-likeness (QED) is 0.918. The lowest BCUT2D eigenvalue weighted by atomic mass is 10.2. The second kappa shape index (κ2) is 5.10. The first-order valence-corrected chi connectivity index (χ1v) is 7.39. The summed E-state index contributed by atoms with van der Waals surface area (Å²) in [4.78, 5) is 10.2. The fourth-order valence-corrected chi connectivity index (χ4v) is 3.94. The molecule has 5 nitrogen and oxygen atoms in total. The van der Waals surface area contributed by atoms with Crippen LogP contribution < -0.4 is 0 Å². The van der Waals surface area contributed by atoms with Gasteiger partial charge in [-0.25, -0.2) is 17.2 Å². The summed E-state index contributed by atoms with van der Waals surface area (Å²) < 4.78 is 52.5. The Morgan fingerprint density at radius 2 is 2.00 bits per heavy atom. The molecular weight excluding hydrogens is 292 g/mol. The van der Waals surface area contributed by atoms with Gasteiger partial charge in [0.15, 0.2) is 0 Å². The van der Waals surface area contributed by atoms with Crippen LogP contribution in [-0.4, -0.2) is 36.4 Å². The molecule has 0 bridgehead atoms. The SMILES string of the molecule is Cc1cc(F)c(S(=O)(=O)N2CCC[C@@H]2C(=O)O)cc1F. The molecule has 1 N–H and O–H groups in total. The summed E-state index contributed by atoms with van der Waals surface area (Å²) in [7, 11) is -4.37. The van der Waals surface area contributed by atoms with Crippen molar-refractivity contribution < 1.29 is 27.1 Å². The molecule has 20 heavy (non-hydrogen) atoms. The van der Waals surface area contributed by atoms with Gasteiger partial charge in [-0.1, -0.05) is 0 Å². The van der Waals surface area contributed by atoms with Crippen molar-refractivity contribution in [2.75, 3.05) is 6.54 Å². The second-order valence-electron chi connectivity index (χ2n) is 4.64. The standard InChI is InChI=1S/C12H13F2NO4S/c1-7-5-9(14)11(6-8(7)13)20(18,19)15-4-2-3-10(15)12(16)17/h5-6,10H,2-4H2,1H3,(H,16,17)/t10-/m1/s1. The van der Waals surface area contributed by atoms with E-state index in [1.807, 2.05) is 0 Å². The zero-order chi connectivity index (χ0) is 15.1. The third-order valence-electron chi connectivity index (χ3n) is 3.29. The molecule has 0 radical (unpaired) electrons. The van der Waals surface area contributed by atoms with Crippen LogP contribution in [-0.2, 0) is 14.8 Å². The molecule has 8 heteroatoms. The van der Waals surface area contributed by atoms with Crippen LogP contribution in [0.3, 0.4) is 0 Å². The van der Waals surface area contributed by atoms with Gasteiger partial charge in [0.2, 0.25) is 10.0 Å². The van der Waals surface area contributed by atoms with Crippen LogP contribution in [0.15, 0.2) is 17.0 Å². The molecule has 1 aromatic carbocycles. The predicted molar refractivity (Wildman–Crippen MR) is 65.6 cm³/mol. The van der Waals surface area contributed by atoms with Crippen LogP contribution in [0.25, 0.3) is 0 Å². The Hall–Kier alpha value is -1.54. The van der Waals surface area contributed by atoms with Crippen LogP contribution in [0.4, 0.5) is 8.78 Å². The van der Waals surface area contributed by atoms with E-state index in [0.29, 0.717) is 16.8 Å². The van der Waals surface area contributed by atoms with Crippen molar-refractivity contribution in [3.05, 3.63) is 29.3 Å². The van der Waals surface area contributed by atoms with E-state index in [0.717, 1.165) is 6.07 Å². The predicted octanol–water partition coefficient (Wildman–Crippen LogP) is 1.51. The first-order valence-electron chi connectivity index (χ1n) is 5.95. The topological polar surface area (TPSA) is 74.7 Å². The molecule has 2 rings (SSSR count). The summed E-state index contributed by atoms with van der Waals surface area (Å²) in [6, 6.07) is 0.148. The molecule has 0 amide bonds. The third-order valence-corrected chi connectivity index (χ3v) is 5.21. The lowest BCUT2D eigenvalue weighted by molar-refractivity contribution is -0.140. The number of carbonyl (C=O) groups is 1. The van der Waals surface area contributed by atoms with Crippen molar-refractivity contribution in [2.24, 2.45) is 0 Å². The molecule has 1 aromatic rings. The number of aliphatic carboxylic acids is 1. The van der Waals surface area contributed by atoms with E-state index < -0.39 is 38.6 Å². The molecule has 0 aromatic heterocycles. The fourth-order valence-electron chi connectivity index (χ4n) is 2.23. The molecule has 0 aliphatic carbocycles. The number of sulfonamides is 1. The lowest BCUT2D eigenvalue weighted by Crippen LogP contribution is -2.40. The highest BCUT2D eigenvalue weighted by Gasteiger charge is 2.40. The van der Waals surface area contributed by atoms with E-state index in [-0.39, 0.29) is 18.5 Å². The monoisotopic (exact) mass is 305 g/mol. The zero-order valence-corrected chi connectivity index (χ0v) is 11.5. The summed E-state index contributed by atoms with van der Waals surface area (Å²) in [6.45, 7) is 1.29. The molecular formula is C12H13F2NO4S. The lowest BCUT2D eigenvalue weighted by Gasteiger charge is -2.21. The van der Waals surface area contributed by atoms with Gasteiger partial charge in [-0.2, -0.15) is 4.31 Å². The smallest absolute Gasteiger partial charge is 0.322 e. The number of halogens is 2. The average molecular weight is 305 g/mol. The minimum absolute atomic E-state index is 0.0161. The van der Waals surface area contributed by atoms with Gasteiger partial charge in [-0.3, -0.25) is 4.79 Å². The van der Waals surface area contributed by atoms with Crippen molar-refractivity contribution in [1.82, 2.24) is 4.31 Å². The number of nitrogens with zero attached hydrogens (tertiary/aromatic N) is 1. The molecule has 1 aliphatic rings. The second-order valence-corrected chi connectivity index (χ2v) is 6.50. The molecule has 0 unspecified atom stereocenters. The fraction of sp³-hybridized carbons (Fsp3) is 0.417. The Kier molecular flexibility index (Phi) is 3.79. The number of carboxylic acid groups (broad SMARTS) is 1. The average Bonchev–Trinajstić information content (AvgIpc) is 2.83. The highest BCUT2D eigenvalue weighted by molar-refractivity contribution is 7.89. The molecule has 1 atom stereocenters. The van der Waals surface area contributed by atoms with E-state index in [1.165, 1.54) is 6.92 Å². The van der Waals surface area contributed by atoms with E-state index in [9.17, 15) is 22.0 Å². The van der Waals surface area contributed by atoms with Gasteiger partial charge in [0.1, 0.15) is 22.6 Å². The Morgan fingerprint density at radius 1 is 1.35 bits per heavy atom. The van der Waals surface area contributed by atoms with E-state index in [4.69, 9.17) is 5.11 Å². The summed E-state index contributed by atoms with van der Waals surface area (Å²) in [5.41, 5.74) is -0.0161. The molecule has 110 valence electrons. The van der Waals surface area contributed by atoms with Crippen LogP contribution >= 0.6 is 0 Å². The van der Waals surface area contributed by atoms with Crippen LogP contribution in [0, 0.1) is 18.6 Å². The van der Waals surface area contributed by atoms with E-state index in [1.54, 1.807) is 0 Å². The number of rotatable bonds is 3. The van der Waals surface area contributed by atoms with E-state index in [2.05, 4.69) is 0 Å². The van der Waals surface area contributed by atoms with Gasteiger partial charge in [0, 0.05) is 6.54 Å². The maximum atomic E-state index is 13.8. The number of hydrogen-bond donors (Lipinski definition) is 1. The van der Waals surface area contributed by atoms with Gasteiger partial charge in [-0.05, 0) is 37.5 Å². The van der Waals surface area contributed by atoms with E-state index >= 15 is 0 Å². The van der Waals surface area contributed by atoms with Crippen LogP contribution in [0.5, 0.6) is 0 Å². The van der Waals surface area contributed by atoms with Crippen molar-refractivity contribution in [3.63, 3.8) is 0 Å². The largest absolute Gasteiger partial charge is 0.480 e. The van der Waals surface area contributed by atoms with Crippen molar-refractivity contribution in [3.8, 4) is 0 Å². The number of hydrogen-bond acceptors (Lipinski definition) is 3. The van der Waals surface area contributed by atoms with Crippen LogP contribution in [0.2, 0.25) is 0 Å². The molecule has 1 heterocycles. The van der Waals surface area contributed by atoms with Crippen LogP contribution in [0.1, 0.15) is 18.4 Å². The van der Waals surface area contributed by atoms with Crippen molar-refractivity contribution in [2.45, 2.75) is 30.7 Å². The minimum Gasteiger partial charge on any atom is -0.480 e. The first-order chi connectivity index (χ1) is 9.25. The number of carboxylic acids is 1. The first kappa shape index (κ1) is 14.9. The highest BCUT2D eigenvalue weighted by Crippen LogP contribution is 2.28. The van der Waals surface area contributed by atoms with Gasteiger partial charge in [0.25, 0.3) is 0 Å². The zero-order valence-electron chi connectivity index (χ0n) is 10.6. The highest BCUT2D eigenvalue weighted by atomic mass is 32.2. The molecule has 0 saturated carbocycles. The number of aryl methyl sites for hydroxylation is 1. The summed E-state index contributed by atoms with van der Waals surface area (Å²) >= 11 is 0. The minimum atomic E-state index is -4.37. The molecule has 1 aliphatic heterocycles. The van der Waals surface area contributed by atoms with Gasteiger partial charge in [0.05, 0.1) is 0 Å². The van der Waals surface area contributed by atoms with Crippen molar-refractivity contribution in [1.29, 1.82) is 0 Å². The summed E-state index contributed by atoms with van der Waals surface area (Å²) in [5.74, 6) is -3.23. The van der Waals surface area contributed by atoms with Gasteiger partial charge in [-0.15, -0.1) is 0 Å². The Labute approximate surface area is 114 Å². The van der Waals surface area contributed by atoms with Gasteiger partial charge >= 0.3 is 5.97 Å². The molecule has 1 saturated heterocycles. The third kappa shape index (κ3) is 2.40. The van der Waals surface area contributed by atoms with Gasteiger partial charge < -0.3 is 5.11 Å². The van der Waals surface area contributed by atoms with Crippen molar-refractivity contribution >= 4 is 16.0 Å². The Balaban J connectivity index is 2.50. The molecule has 0 spiro atoms. The summed E-state index contributed by atoms with van der Waals surface area (Å²) in [5, 5.41) is 8.99. The normalized spacial score (nSPS) is 20.2. The Bertz CT molecular complexity index is 660. The molecule has 1 fully saturated rings. The summed E-state index contributed by atoms with van der Waals surface area (Å²) in [6.07, 6.45) is 0.524. The maximum Gasteiger partial charge on any atom is 0.322 e. The number of benzene rings is 1.